The lowest BCUT2D eigenvalue weighted by Crippen LogP contribution is -2.41. The highest BCUT2D eigenvalue weighted by atomic mass is 16.7. The molecule has 0 N–H and O–H groups in total. The first-order valence-corrected chi connectivity index (χ1v) is 7.80. The van der Waals surface area contributed by atoms with Gasteiger partial charge in [-0.3, -0.25) is 4.79 Å². The van der Waals surface area contributed by atoms with E-state index < -0.39 is 0 Å². The summed E-state index contributed by atoms with van der Waals surface area (Å²) in [7, 11) is 1.63. The average Bonchev–Trinajstić information content (AvgIpc) is 3.21. The molecule has 4 rings (SSSR count). The molecule has 1 amide bonds. The van der Waals surface area contributed by atoms with Crippen molar-refractivity contribution in [1.82, 2.24) is 19.7 Å². The number of ether oxygens (including phenoxy) is 3. The number of hydrogen-bond acceptors (Lipinski definition) is 6. The second-order valence-electron chi connectivity index (χ2n) is 5.80. The van der Waals surface area contributed by atoms with Crippen LogP contribution in [0.5, 0.6) is 11.5 Å². The van der Waals surface area contributed by atoms with Crippen LogP contribution < -0.4 is 9.47 Å². The van der Waals surface area contributed by atoms with Crippen LogP contribution in [-0.4, -0.2) is 46.0 Å². The van der Waals surface area contributed by atoms with E-state index in [1.807, 2.05) is 11.5 Å². The van der Waals surface area contributed by atoms with Crippen molar-refractivity contribution in [2.24, 2.45) is 0 Å². The summed E-state index contributed by atoms with van der Waals surface area (Å²) in [5, 5.41) is 8.40. The first kappa shape index (κ1) is 14.9. The Bertz CT molecular complexity index is 788. The Morgan fingerprint density at radius 2 is 2.12 bits per heavy atom. The van der Waals surface area contributed by atoms with E-state index in [9.17, 15) is 4.79 Å². The molecule has 1 aromatic heterocycles. The summed E-state index contributed by atoms with van der Waals surface area (Å²) in [5.41, 5.74) is 0.580. The molecule has 0 fully saturated rings. The minimum atomic E-state index is -0.158. The molecule has 0 saturated heterocycles. The molecule has 0 radical (unpaired) electrons. The van der Waals surface area contributed by atoms with Gasteiger partial charge in [-0.25, -0.2) is 0 Å². The summed E-state index contributed by atoms with van der Waals surface area (Å²) < 4.78 is 17.8. The lowest BCUT2D eigenvalue weighted by Gasteiger charge is -2.33. The van der Waals surface area contributed by atoms with Crippen LogP contribution in [0.1, 0.15) is 35.0 Å². The van der Waals surface area contributed by atoms with Crippen LogP contribution in [0.4, 0.5) is 0 Å². The van der Waals surface area contributed by atoms with Crippen molar-refractivity contribution < 1.29 is 19.0 Å². The number of benzene rings is 1. The van der Waals surface area contributed by atoms with Gasteiger partial charge in [0.15, 0.2) is 23.1 Å². The van der Waals surface area contributed by atoms with Gasteiger partial charge in [-0.15, -0.1) is 10.2 Å². The highest BCUT2D eigenvalue weighted by molar-refractivity contribution is 5.95. The van der Waals surface area contributed by atoms with E-state index >= 15 is 0 Å². The van der Waals surface area contributed by atoms with Crippen LogP contribution >= 0.6 is 0 Å². The number of carbonyl (C=O) groups is 1. The molecule has 24 heavy (non-hydrogen) atoms. The van der Waals surface area contributed by atoms with Gasteiger partial charge in [-0.2, -0.15) is 0 Å². The van der Waals surface area contributed by atoms with Crippen molar-refractivity contribution in [2.75, 3.05) is 20.4 Å². The fraction of sp³-hybridized carbons (Fsp3) is 0.438. The third-order valence-electron chi connectivity index (χ3n) is 4.42. The zero-order chi connectivity index (χ0) is 16.7. The van der Waals surface area contributed by atoms with E-state index in [-0.39, 0.29) is 18.7 Å². The predicted molar refractivity (Wildman–Crippen MR) is 82.8 cm³/mol. The molecule has 8 nitrogen and oxygen atoms in total. The van der Waals surface area contributed by atoms with E-state index in [1.165, 1.54) is 0 Å². The average molecular weight is 330 g/mol. The number of carbonyl (C=O) groups excluding carboxylic acids is 1. The van der Waals surface area contributed by atoms with Gasteiger partial charge in [0.1, 0.15) is 6.61 Å². The minimum Gasteiger partial charge on any atom is -0.454 e. The molecule has 126 valence electrons. The number of nitrogens with zero attached hydrogens (tertiary/aromatic N) is 4. The normalized spacial score (nSPS) is 18.6. The van der Waals surface area contributed by atoms with E-state index in [2.05, 4.69) is 10.2 Å². The number of methoxy groups -OCH3 is 1. The van der Waals surface area contributed by atoms with Gasteiger partial charge >= 0.3 is 0 Å². The Balaban J connectivity index is 1.59. The highest BCUT2D eigenvalue weighted by Gasteiger charge is 2.32. The second kappa shape index (κ2) is 5.79. The Hall–Kier alpha value is -2.61. The molecule has 0 aliphatic carbocycles. The van der Waals surface area contributed by atoms with Crippen molar-refractivity contribution in [3.05, 3.63) is 35.4 Å². The van der Waals surface area contributed by atoms with Crippen molar-refractivity contribution >= 4 is 5.91 Å². The smallest absolute Gasteiger partial charge is 0.254 e. The first-order valence-electron chi connectivity index (χ1n) is 7.80. The summed E-state index contributed by atoms with van der Waals surface area (Å²) in [6.45, 7) is 3.81. The Morgan fingerprint density at radius 3 is 2.96 bits per heavy atom. The molecule has 3 heterocycles. The van der Waals surface area contributed by atoms with Gasteiger partial charge in [0.2, 0.25) is 6.79 Å². The summed E-state index contributed by atoms with van der Waals surface area (Å²) in [6.07, 6.45) is 0. The molecule has 2 aromatic rings. The molecule has 2 aliphatic heterocycles. The topological polar surface area (TPSA) is 78.7 Å². The quantitative estimate of drug-likeness (QED) is 0.846. The van der Waals surface area contributed by atoms with Crippen LogP contribution in [0.2, 0.25) is 0 Å². The maximum atomic E-state index is 12.9. The van der Waals surface area contributed by atoms with Crippen molar-refractivity contribution in [2.45, 2.75) is 26.1 Å². The predicted octanol–water partition coefficient (Wildman–Crippen LogP) is 1.37. The largest absolute Gasteiger partial charge is 0.454 e. The third-order valence-corrected chi connectivity index (χ3v) is 4.42. The molecule has 0 unspecified atom stereocenters. The van der Waals surface area contributed by atoms with Crippen LogP contribution in [0.25, 0.3) is 0 Å². The molecule has 1 atom stereocenters. The number of hydrogen-bond donors (Lipinski definition) is 0. The Kier molecular flexibility index (Phi) is 3.61. The van der Waals surface area contributed by atoms with E-state index in [4.69, 9.17) is 14.2 Å². The zero-order valence-electron chi connectivity index (χ0n) is 13.6. The molecule has 8 heteroatoms. The summed E-state index contributed by atoms with van der Waals surface area (Å²) >= 11 is 0. The third kappa shape index (κ3) is 2.30. The summed E-state index contributed by atoms with van der Waals surface area (Å²) in [6, 6.07) is 5.10. The summed E-state index contributed by atoms with van der Waals surface area (Å²) in [5.74, 6) is 2.79. The van der Waals surface area contributed by atoms with Crippen LogP contribution in [-0.2, 0) is 17.9 Å². The van der Waals surface area contributed by atoms with Crippen molar-refractivity contribution in [3.63, 3.8) is 0 Å². The molecule has 0 bridgehead atoms. The highest BCUT2D eigenvalue weighted by Crippen LogP contribution is 2.34. The lowest BCUT2D eigenvalue weighted by molar-refractivity contribution is 0.0632. The van der Waals surface area contributed by atoms with Crippen molar-refractivity contribution in [3.8, 4) is 11.5 Å². The number of fused-ring (bicyclic) bond motifs is 2. The van der Waals surface area contributed by atoms with E-state index in [1.54, 1.807) is 30.2 Å². The maximum Gasteiger partial charge on any atom is 0.254 e. The van der Waals surface area contributed by atoms with Crippen molar-refractivity contribution in [1.29, 1.82) is 0 Å². The van der Waals surface area contributed by atoms with Crippen LogP contribution in [0, 0.1) is 0 Å². The van der Waals surface area contributed by atoms with Crippen LogP contribution in [0.3, 0.4) is 0 Å². The number of aromatic nitrogens is 3. The zero-order valence-corrected chi connectivity index (χ0v) is 13.6. The van der Waals surface area contributed by atoms with E-state index in [0.29, 0.717) is 36.8 Å². The van der Waals surface area contributed by atoms with Gasteiger partial charge in [0, 0.05) is 25.8 Å². The number of rotatable bonds is 3. The van der Waals surface area contributed by atoms with Crippen LogP contribution in [0.15, 0.2) is 18.2 Å². The first-order chi connectivity index (χ1) is 11.7. The molecule has 0 spiro atoms. The fourth-order valence-electron chi connectivity index (χ4n) is 3.15. The van der Waals surface area contributed by atoms with E-state index in [0.717, 1.165) is 11.6 Å². The fourth-order valence-corrected chi connectivity index (χ4v) is 3.15. The van der Waals surface area contributed by atoms with Gasteiger partial charge in [-0.1, -0.05) is 0 Å². The Morgan fingerprint density at radius 1 is 1.29 bits per heavy atom. The van der Waals surface area contributed by atoms with Gasteiger partial charge in [-0.05, 0) is 25.1 Å². The molecular formula is C16H18N4O4. The minimum absolute atomic E-state index is 0.0525. The molecular weight excluding hydrogens is 312 g/mol. The second-order valence-corrected chi connectivity index (χ2v) is 5.80. The molecule has 2 aliphatic rings. The number of amides is 1. The standard InChI is InChI=1S/C16H18N4O4/c1-10-15-18-17-14(8-22-2)20(15)6-5-19(10)16(21)11-3-4-12-13(7-11)24-9-23-12/h3-4,7,10H,5-6,8-9H2,1-2H3/t10-/m1/s1. The van der Waals surface area contributed by atoms with Gasteiger partial charge in [0.25, 0.3) is 5.91 Å². The lowest BCUT2D eigenvalue weighted by atomic mass is 10.1. The molecule has 1 aromatic carbocycles. The Labute approximate surface area is 138 Å². The maximum absolute atomic E-state index is 12.9. The SMILES string of the molecule is COCc1nnc2n1CCN(C(=O)c1ccc3c(c1)OCO3)[C@@H]2C. The molecule has 0 saturated carbocycles. The van der Waals surface area contributed by atoms with Gasteiger partial charge < -0.3 is 23.7 Å². The monoisotopic (exact) mass is 330 g/mol. The summed E-state index contributed by atoms with van der Waals surface area (Å²) in [4.78, 5) is 14.7. The van der Waals surface area contributed by atoms with Gasteiger partial charge in [0.05, 0.1) is 6.04 Å².